The van der Waals surface area contributed by atoms with E-state index in [1.54, 1.807) is 11.8 Å². The largest absolute Gasteiger partial charge is 0.390 e. The number of aliphatic hydroxyl groups excluding tert-OH is 1. The zero-order valence-electron chi connectivity index (χ0n) is 20.2. The number of hydrogen-bond donors (Lipinski definition) is 2. The minimum atomic E-state index is -0.589. The van der Waals surface area contributed by atoms with Crippen LogP contribution in [0.4, 0.5) is 5.82 Å². The molecule has 3 aliphatic heterocycles. The van der Waals surface area contributed by atoms with Crippen molar-refractivity contribution in [3.05, 3.63) is 58.8 Å². The molecule has 2 aromatic rings. The van der Waals surface area contributed by atoms with E-state index in [0.29, 0.717) is 44.1 Å². The predicted octanol–water partition coefficient (Wildman–Crippen LogP) is 1.63. The Morgan fingerprint density at radius 3 is 2.74 bits per heavy atom. The molecule has 1 aromatic carbocycles. The number of nitrogens with zero attached hydrogens (tertiary/aromatic N) is 4. The molecule has 1 atom stereocenters. The number of aliphatic hydroxyl groups is 1. The number of aromatic nitrogens is 1. The van der Waals surface area contributed by atoms with E-state index in [9.17, 15) is 14.7 Å². The van der Waals surface area contributed by atoms with Gasteiger partial charge in [0.2, 0.25) is 5.91 Å². The van der Waals surface area contributed by atoms with Crippen LogP contribution in [-0.4, -0.2) is 88.0 Å². The van der Waals surface area contributed by atoms with E-state index in [1.165, 1.54) is 11.1 Å². The Morgan fingerprint density at radius 1 is 1.23 bits per heavy atom. The van der Waals surface area contributed by atoms with E-state index in [-0.39, 0.29) is 23.3 Å². The van der Waals surface area contributed by atoms with Crippen molar-refractivity contribution in [2.75, 3.05) is 44.6 Å². The molecule has 4 heterocycles. The number of rotatable bonds is 6. The normalized spacial score (nSPS) is 21.8. The summed E-state index contributed by atoms with van der Waals surface area (Å²) in [6.07, 6.45) is 4.37. The number of amides is 2. The maximum absolute atomic E-state index is 13.5. The number of hydrogen-bond acceptors (Lipinski definition) is 6. The van der Waals surface area contributed by atoms with Crippen molar-refractivity contribution in [2.45, 2.75) is 50.3 Å². The molecule has 2 fully saturated rings. The molecule has 6 rings (SSSR count). The van der Waals surface area contributed by atoms with Crippen molar-refractivity contribution in [2.24, 2.45) is 0 Å². The van der Waals surface area contributed by atoms with Gasteiger partial charge in [-0.05, 0) is 42.0 Å². The van der Waals surface area contributed by atoms with Crippen LogP contribution in [0.2, 0.25) is 0 Å². The zero-order chi connectivity index (χ0) is 24.2. The molecule has 1 aliphatic carbocycles. The highest BCUT2D eigenvalue weighted by Gasteiger charge is 2.52. The van der Waals surface area contributed by atoms with Gasteiger partial charge in [0.15, 0.2) is 0 Å². The minimum Gasteiger partial charge on any atom is -0.390 e. The number of anilines is 1. The Balaban J connectivity index is 1.12. The quantitative estimate of drug-likeness (QED) is 0.660. The summed E-state index contributed by atoms with van der Waals surface area (Å²) in [6, 6.07) is 10.5. The number of benzene rings is 1. The first-order valence-electron chi connectivity index (χ1n) is 12.7. The van der Waals surface area contributed by atoms with Gasteiger partial charge in [0.25, 0.3) is 5.91 Å². The van der Waals surface area contributed by atoms with Gasteiger partial charge in [0, 0.05) is 69.9 Å². The molecule has 35 heavy (non-hydrogen) atoms. The lowest BCUT2D eigenvalue weighted by Crippen LogP contribution is -2.56. The highest BCUT2D eigenvalue weighted by atomic mass is 16.3. The number of carbonyl (C=O) groups excluding carboxylic acids is 2. The lowest BCUT2D eigenvalue weighted by molar-refractivity contribution is -0.132. The number of fused-ring (bicyclic) bond motifs is 3. The Labute approximate surface area is 205 Å². The third-order valence-corrected chi connectivity index (χ3v) is 8.13. The van der Waals surface area contributed by atoms with Gasteiger partial charge >= 0.3 is 0 Å². The number of β-amino-alcohol motifs (C(OH)–C–C–N with tert-alkyl or cyclic N) is 1. The second-order valence-corrected chi connectivity index (χ2v) is 10.8. The smallest absolute Gasteiger partial charge is 0.254 e. The van der Waals surface area contributed by atoms with Crippen LogP contribution in [0.3, 0.4) is 0 Å². The molecule has 2 N–H and O–H groups in total. The third-order valence-electron chi connectivity index (χ3n) is 8.13. The fraction of sp³-hybridized carbons (Fsp3) is 0.519. The lowest BCUT2D eigenvalue weighted by atomic mass is 9.87. The zero-order valence-corrected chi connectivity index (χ0v) is 20.2. The molecule has 4 aliphatic rings. The highest BCUT2D eigenvalue weighted by Crippen LogP contribution is 2.52. The summed E-state index contributed by atoms with van der Waals surface area (Å²) in [7, 11) is 0. The molecule has 1 spiro atoms. The minimum absolute atomic E-state index is 0.0134. The lowest BCUT2D eigenvalue weighted by Gasteiger charge is -2.40. The standard InChI is InChI=1S/C27H33N5O3/c1-18(33)31-13-21(14-31)29-25-10-23-24(11-28-25)27(7-8-27)17-32(26(23)35)16-22(34)15-30-9-6-19-4-2-3-5-20(19)12-30/h2-5,10-11,21-22,34H,6-9,12-17H2,1H3,(H,28,29)/t22-/m1/s1. The van der Waals surface area contributed by atoms with Gasteiger partial charge in [-0.2, -0.15) is 0 Å². The van der Waals surface area contributed by atoms with Crippen LogP contribution in [-0.2, 0) is 23.2 Å². The van der Waals surface area contributed by atoms with Crippen LogP contribution in [0.15, 0.2) is 36.5 Å². The van der Waals surface area contributed by atoms with Crippen molar-refractivity contribution in [1.82, 2.24) is 19.7 Å². The molecule has 8 nitrogen and oxygen atoms in total. The highest BCUT2D eigenvalue weighted by molar-refractivity contribution is 5.98. The SMILES string of the molecule is CC(=O)N1CC(Nc2cc3c(cn2)C2(CC2)CN(C[C@H](O)CN2CCc4ccccc4C2)C3=O)C1. The molecule has 0 radical (unpaired) electrons. The van der Waals surface area contributed by atoms with Crippen LogP contribution >= 0.6 is 0 Å². The molecular weight excluding hydrogens is 442 g/mol. The van der Waals surface area contributed by atoms with Gasteiger partial charge in [-0.15, -0.1) is 0 Å². The van der Waals surface area contributed by atoms with Crippen LogP contribution in [0.1, 0.15) is 46.8 Å². The fourth-order valence-electron chi connectivity index (χ4n) is 5.91. The topological polar surface area (TPSA) is 89.0 Å². The second kappa shape index (κ2) is 8.60. The van der Waals surface area contributed by atoms with Crippen molar-refractivity contribution < 1.29 is 14.7 Å². The van der Waals surface area contributed by atoms with Crippen LogP contribution < -0.4 is 5.32 Å². The summed E-state index contributed by atoms with van der Waals surface area (Å²) in [5.74, 6) is 0.732. The van der Waals surface area contributed by atoms with Crippen LogP contribution in [0, 0.1) is 0 Å². The van der Waals surface area contributed by atoms with Crippen molar-refractivity contribution >= 4 is 17.6 Å². The Hall–Kier alpha value is -2.97. The van der Waals surface area contributed by atoms with Crippen molar-refractivity contribution in [3.63, 3.8) is 0 Å². The van der Waals surface area contributed by atoms with Gasteiger partial charge in [0.1, 0.15) is 5.82 Å². The average molecular weight is 476 g/mol. The molecular formula is C27H33N5O3. The van der Waals surface area contributed by atoms with Crippen LogP contribution in [0.25, 0.3) is 0 Å². The third kappa shape index (κ3) is 4.29. The number of pyridine rings is 1. The molecule has 2 amide bonds. The van der Waals surface area contributed by atoms with E-state index in [4.69, 9.17) is 0 Å². The van der Waals surface area contributed by atoms with Crippen molar-refractivity contribution in [3.8, 4) is 0 Å². The Bertz CT molecular complexity index is 1160. The monoisotopic (exact) mass is 475 g/mol. The maximum atomic E-state index is 13.5. The summed E-state index contributed by atoms with van der Waals surface area (Å²) >= 11 is 0. The van der Waals surface area contributed by atoms with Gasteiger partial charge in [-0.3, -0.25) is 14.5 Å². The maximum Gasteiger partial charge on any atom is 0.254 e. The summed E-state index contributed by atoms with van der Waals surface area (Å²) in [5, 5.41) is 14.3. The summed E-state index contributed by atoms with van der Waals surface area (Å²) in [5.41, 5.74) is 4.46. The van der Waals surface area contributed by atoms with Crippen molar-refractivity contribution in [1.29, 1.82) is 0 Å². The Kier molecular flexibility index (Phi) is 5.53. The number of carbonyl (C=O) groups is 2. The van der Waals surface area contributed by atoms with Gasteiger partial charge < -0.3 is 20.2 Å². The van der Waals surface area contributed by atoms with E-state index < -0.39 is 6.10 Å². The van der Waals surface area contributed by atoms with Gasteiger partial charge in [0.05, 0.1) is 12.1 Å². The molecule has 184 valence electrons. The molecule has 1 saturated heterocycles. The van der Waals surface area contributed by atoms with Gasteiger partial charge in [-0.1, -0.05) is 24.3 Å². The van der Waals surface area contributed by atoms with E-state index in [0.717, 1.165) is 37.9 Å². The first-order chi connectivity index (χ1) is 16.9. The summed E-state index contributed by atoms with van der Waals surface area (Å²) in [6.45, 7) is 6.23. The molecule has 8 heteroatoms. The van der Waals surface area contributed by atoms with E-state index in [1.807, 2.05) is 17.2 Å². The van der Waals surface area contributed by atoms with E-state index >= 15 is 0 Å². The summed E-state index contributed by atoms with van der Waals surface area (Å²) < 4.78 is 0. The number of nitrogens with one attached hydrogen (secondary N) is 1. The first-order valence-corrected chi connectivity index (χ1v) is 12.7. The average Bonchev–Trinajstić information content (AvgIpc) is 3.59. The molecule has 1 saturated carbocycles. The Morgan fingerprint density at radius 2 is 2.00 bits per heavy atom. The number of likely N-dealkylation sites (tertiary alicyclic amines) is 1. The molecule has 1 aromatic heterocycles. The molecule has 0 unspecified atom stereocenters. The van der Waals surface area contributed by atoms with E-state index in [2.05, 4.69) is 39.5 Å². The van der Waals surface area contributed by atoms with Crippen LogP contribution in [0.5, 0.6) is 0 Å². The first kappa shape index (κ1) is 22.5. The predicted molar refractivity (Wildman–Crippen MR) is 132 cm³/mol. The van der Waals surface area contributed by atoms with Gasteiger partial charge in [-0.25, -0.2) is 4.98 Å². The second-order valence-electron chi connectivity index (χ2n) is 10.8. The fourth-order valence-corrected chi connectivity index (χ4v) is 5.91. The molecule has 0 bridgehead atoms. The summed E-state index contributed by atoms with van der Waals surface area (Å²) in [4.78, 5) is 35.4.